The Bertz CT molecular complexity index is 429. The number of carbonyl (C=O) groups is 1. The monoisotopic (exact) mass is 281 g/mol. The van der Waals surface area contributed by atoms with Gasteiger partial charge >= 0.3 is 5.97 Å². The number of imidazole rings is 1. The van der Waals surface area contributed by atoms with Gasteiger partial charge in [0.1, 0.15) is 11.4 Å². The van der Waals surface area contributed by atoms with Crippen LogP contribution in [-0.2, 0) is 16.1 Å². The van der Waals surface area contributed by atoms with Gasteiger partial charge in [0.25, 0.3) is 0 Å². The molecule has 0 saturated carbocycles. The van der Waals surface area contributed by atoms with Gasteiger partial charge in [0.05, 0.1) is 7.11 Å². The minimum Gasteiger partial charge on any atom is -0.468 e. The first-order chi connectivity index (χ1) is 9.44. The van der Waals surface area contributed by atoms with Crippen LogP contribution in [0, 0.1) is 0 Å². The van der Waals surface area contributed by atoms with E-state index in [2.05, 4.69) is 35.6 Å². The molecule has 114 valence electrons. The number of nitrogens with one attached hydrogen (secondary N) is 1. The molecule has 0 saturated heterocycles. The van der Waals surface area contributed by atoms with Crippen LogP contribution in [0.25, 0.3) is 0 Å². The average Bonchev–Trinajstić information content (AvgIpc) is 2.90. The number of aromatic nitrogens is 2. The Hall–Kier alpha value is -1.36. The second-order valence-corrected chi connectivity index (χ2v) is 5.63. The van der Waals surface area contributed by atoms with Crippen molar-refractivity contribution in [2.75, 3.05) is 13.7 Å². The third-order valence-corrected chi connectivity index (χ3v) is 3.52. The molecule has 0 aromatic carbocycles. The number of hydrogen-bond acceptors (Lipinski definition) is 4. The fraction of sp³-hybridized carbons (Fsp3) is 0.733. The summed E-state index contributed by atoms with van der Waals surface area (Å²) in [5.74, 6) is 1.21. The lowest BCUT2D eigenvalue weighted by atomic mass is 9.97. The van der Waals surface area contributed by atoms with Crippen molar-refractivity contribution in [2.24, 2.45) is 0 Å². The van der Waals surface area contributed by atoms with Crippen LogP contribution in [0.3, 0.4) is 0 Å². The molecule has 5 heteroatoms. The van der Waals surface area contributed by atoms with E-state index in [0.29, 0.717) is 12.3 Å². The molecule has 0 aliphatic carbocycles. The topological polar surface area (TPSA) is 56.2 Å². The Morgan fingerprint density at radius 2 is 2.25 bits per heavy atom. The molecule has 0 radical (unpaired) electrons. The van der Waals surface area contributed by atoms with E-state index in [-0.39, 0.29) is 5.97 Å². The van der Waals surface area contributed by atoms with Crippen molar-refractivity contribution in [1.29, 1.82) is 0 Å². The third-order valence-electron chi connectivity index (χ3n) is 3.52. The second-order valence-electron chi connectivity index (χ2n) is 5.63. The van der Waals surface area contributed by atoms with Crippen molar-refractivity contribution in [1.82, 2.24) is 14.9 Å². The maximum atomic E-state index is 12.0. The molecule has 5 nitrogen and oxygen atoms in total. The predicted molar refractivity (Wildman–Crippen MR) is 79.6 cm³/mol. The summed E-state index contributed by atoms with van der Waals surface area (Å²) in [5.41, 5.74) is -0.650. The summed E-state index contributed by atoms with van der Waals surface area (Å²) in [6.07, 6.45) is 5.43. The normalized spacial score (nSPS) is 14.3. The Morgan fingerprint density at radius 1 is 1.55 bits per heavy atom. The summed E-state index contributed by atoms with van der Waals surface area (Å²) < 4.78 is 7.04. The maximum Gasteiger partial charge on any atom is 0.325 e. The fourth-order valence-electron chi connectivity index (χ4n) is 2.24. The number of hydrogen-bond donors (Lipinski definition) is 1. The molecule has 1 unspecified atom stereocenters. The molecule has 0 aliphatic rings. The summed E-state index contributed by atoms with van der Waals surface area (Å²) in [5, 5.41) is 3.30. The lowest BCUT2D eigenvalue weighted by molar-refractivity contribution is -0.148. The molecule has 0 spiro atoms. The fourth-order valence-corrected chi connectivity index (χ4v) is 2.24. The van der Waals surface area contributed by atoms with Gasteiger partial charge in [-0.3, -0.25) is 4.79 Å². The average molecular weight is 281 g/mol. The minimum atomic E-state index is -0.650. The van der Waals surface area contributed by atoms with E-state index < -0.39 is 5.54 Å². The van der Waals surface area contributed by atoms with Gasteiger partial charge in [0, 0.05) is 24.9 Å². The number of methoxy groups -OCH3 is 1. The zero-order chi connectivity index (χ0) is 15.2. The van der Waals surface area contributed by atoms with Gasteiger partial charge in [0.2, 0.25) is 0 Å². The number of esters is 1. The van der Waals surface area contributed by atoms with Crippen molar-refractivity contribution in [2.45, 2.75) is 58.5 Å². The minimum absolute atomic E-state index is 0.211. The summed E-state index contributed by atoms with van der Waals surface area (Å²) in [6.45, 7) is 9.77. The van der Waals surface area contributed by atoms with Gasteiger partial charge in [-0.25, -0.2) is 4.98 Å². The van der Waals surface area contributed by atoms with Crippen LogP contribution in [0.1, 0.15) is 52.3 Å². The van der Waals surface area contributed by atoms with E-state index >= 15 is 0 Å². The van der Waals surface area contributed by atoms with E-state index in [1.54, 1.807) is 0 Å². The van der Waals surface area contributed by atoms with Crippen molar-refractivity contribution < 1.29 is 9.53 Å². The summed E-state index contributed by atoms with van der Waals surface area (Å²) >= 11 is 0. The molecular weight excluding hydrogens is 254 g/mol. The highest BCUT2D eigenvalue weighted by molar-refractivity contribution is 5.80. The highest BCUT2D eigenvalue weighted by Gasteiger charge is 2.33. The summed E-state index contributed by atoms with van der Waals surface area (Å²) in [7, 11) is 1.44. The standard InChI is InChI=1S/C15H27N3O2/c1-6-8-17-15(4,14(19)20-5)7-10-18-11-9-16-13(18)12(2)3/h9,11-12,17H,6-8,10H2,1-5H3. The van der Waals surface area contributed by atoms with Crippen molar-refractivity contribution in [3.05, 3.63) is 18.2 Å². The first-order valence-corrected chi connectivity index (χ1v) is 7.29. The van der Waals surface area contributed by atoms with E-state index in [1.165, 1.54) is 7.11 Å². The first-order valence-electron chi connectivity index (χ1n) is 7.29. The number of aryl methyl sites for hydroxylation is 1. The van der Waals surface area contributed by atoms with Crippen molar-refractivity contribution in [3.63, 3.8) is 0 Å². The quantitative estimate of drug-likeness (QED) is 0.743. The molecule has 1 aromatic rings. The Labute approximate surface area is 121 Å². The smallest absolute Gasteiger partial charge is 0.325 e. The summed E-state index contributed by atoms with van der Waals surface area (Å²) in [4.78, 5) is 16.4. The molecule has 0 amide bonds. The van der Waals surface area contributed by atoms with Gasteiger partial charge in [-0.15, -0.1) is 0 Å². The predicted octanol–water partition coefficient (Wildman–Crippen LogP) is 2.33. The molecule has 0 fully saturated rings. The van der Waals surface area contributed by atoms with Gasteiger partial charge in [-0.05, 0) is 26.3 Å². The van der Waals surface area contributed by atoms with Crippen LogP contribution in [0.5, 0.6) is 0 Å². The Balaban J connectivity index is 2.75. The Kier molecular flexibility index (Phi) is 6.20. The highest BCUT2D eigenvalue weighted by atomic mass is 16.5. The molecule has 1 N–H and O–H groups in total. The van der Waals surface area contributed by atoms with E-state index in [4.69, 9.17) is 4.74 Å². The van der Waals surface area contributed by atoms with Gasteiger partial charge in [0.15, 0.2) is 0 Å². The SMILES string of the molecule is CCCNC(C)(CCn1ccnc1C(C)C)C(=O)OC. The molecule has 1 heterocycles. The van der Waals surface area contributed by atoms with Crippen LogP contribution in [0.15, 0.2) is 12.4 Å². The molecule has 1 atom stereocenters. The first kappa shape index (κ1) is 16.7. The number of ether oxygens (including phenoxy) is 1. The molecule has 20 heavy (non-hydrogen) atoms. The Morgan fingerprint density at radius 3 is 2.80 bits per heavy atom. The van der Waals surface area contributed by atoms with Crippen LogP contribution in [0.2, 0.25) is 0 Å². The van der Waals surface area contributed by atoms with E-state index in [1.807, 2.05) is 19.3 Å². The molecule has 1 aromatic heterocycles. The largest absolute Gasteiger partial charge is 0.468 e. The lowest BCUT2D eigenvalue weighted by Gasteiger charge is -2.28. The number of nitrogens with zero attached hydrogens (tertiary/aromatic N) is 2. The van der Waals surface area contributed by atoms with Crippen molar-refractivity contribution in [3.8, 4) is 0 Å². The molecule has 1 rings (SSSR count). The van der Waals surface area contributed by atoms with Crippen molar-refractivity contribution >= 4 is 5.97 Å². The van der Waals surface area contributed by atoms with E-state index in [9.17, 15) is 4.79 Å². The van der Waals surface area contributed by atoms with Gasteiger partial charge in [-0.1, -0.05) is 20.8 Å². The van der Waals surface area contributed by atoms with E-state index in [0.717, 1.165) is 25.3 Å². The second kappa shape index (κ2) is 7.43. The highest BCUT2D eigenvalue weighted by Crippen LogP contribution is 2.17. The zero-order valence-corrected chi connectivity index (χ0v) is 13.3. The molecule has 0 aliphatic heterocycles. The molecular formula is C15H27N3O2. The van der Waals surface area contributed by atoms with Crippen LogP contribution >= 0.6 is 0 Å². The zero-order valence-electron chi connectivity index (χ0n) is 13.3. The third kappa shape index (κ3) is 4.07. The van der Waals surface area contributed by atoms with Crippen LogP contribution < -0.4 is 5.32 Å². The lowest BCUT2D eigenvalue weighted by Crippen LogP contribution is -2.51. The van der Waals surface area contributed by atoms with Gasteiger partial charge in [-0.2, -0.15) is 0 Å². The number of carbonyl (C=O) groups excluding carboxylic acids is 1. The maximum absolute atomic E-state index is 12.0. The summed E-state index contributed by atoms with van der Waals surface area (Å²) in [6, 6.07) is 0. The molecule has 0 bridgehead atoms. The van der Waals surface area contributed by atoms with Crippen LogP contribution in [-0.4, -0.2) is 34.7 Å². The van der Waals surface area contributed by atoms with Crippen LogP contribution in [0.4, 0.5) is 0 Å². The number of rotatable bonds is 8. The van der Waals surface area contributed by atoms with Gasteiger partial charge < -0.3 is 14.6 Å².